The van der Waals surface area contributed by atoms with Crippen molar-refractivity contribution in [2.24, 2.45) is 0 Å². The van der Waals surface area contributed by atoms with Crippen LogP contribution in [0.5, 0.6) is 0 Å². The highest BCUT2D eigenvalue weighted by Crippen LogP contribution is 2.36. The van der Waals surface area contributed by atoms with Gasteiger partial charge < -0.3 is 14.3 Å². The number of nitrogens with zero attached hydrogens (tertiary/aromatic N) is 1. The Labute approximate surface area is 117 Å². The third kappa shape index (κ3) is 1.87. The predicted octanol–water partition coefficient (Wildman–Crippen LogP) is 1.22. The number of aromatic nitrogens is 2. The Morgan fingerprint density at radius 3 is 2.40 bits per heavy atom. The van der Waals surface area contributed by atoms with E-state index in [4.69, 9.17) is 9.31 Å². The molecule has 3 heterocycles. The second-order valence-electron chi connectivity index (χ2n) is 6.05. The SMILES string of the molecule is CC1(C)OB(c2nccc3c(=O)[nH]ccc23)OC1(C)C. The molecule has 0 radical (unpaired) electrons. The van der Waals surface area contributed by atoms with Crippen molar-refractivity contribution < 1.29 is 9.31 Å². The van der Waals surface area contributed by atoms with Gasteiger partial charge in [0.2, 0.25) is 0 Å². The van der Waals surface area contributed by atoms with Gasteiger partial charge in [0.15, 0.2) is 0 Å². The normalized spacial score (nSPS) is 20.5. The Morgan fingerprint density at radius 1 is 1.10 bits per heavy atom. The van der Waals surface area contributed by atoms with Gasteiger partial charge in [0.25, 0.3) is 5.56 Å². The van der Waals surface area contributed by atoms with E-state index in [9.17, 15) is 4.79 Å². The molecule has 0 amide bonds. The minimum absolute atomic E-state index is 0.136. The summed E-state index contributed by atoms with van der Waals surface area (Å²) in [4.78, 5) is 18.9. The first-order chi connectivity index (χ1) is 9.32. The molecule has 3 rings (SSSR count). The highest BCUT2D eigenvalue weighted by molar-refractivity contribution is 6.64. The number of rotatable bonds is 1. The molecular formula is C14H17BN2O3. The van der Waals surface area contributed by atoms with E-state index >= 15 is 0 Å². The van der Waals surface area contributed by atoms with E-state index in [-0.39, 0.29) is 5.56 Å². The number of hydrogen-bond donors (Lipinski definition) is 1. The fourth-order valence-corrected chi connectivity index (χ4v) is 2.28. The summed E-state index contributed by atoms with van der Waals surface area (Å²) in [6.45, 7) is 7.96. The maximum atomic E-state index is 11.8. The molecule has 0 saturated carbocycles. The lowest BCUT2D eigenvalue weighted by Crippen LogP contribution is -2.41. The molecule has 1 aliphatic heterocycles. The summed E-state index contributed by atoms with van der Waals surface area (Å²) in [6, 6.07) is 3.52. The van der Waals surface area contributed by atoms with E-state index in [0.717, 1.165) is 5.39 Å². The van der Waals surface area contributed by atoms with Gasteiger partial charge in [-0.3, -0.25) is 9.78 Å². The molecule has 5 nitrogen and oxygen atoms in total. The topological polar surface area (TPSA) is 64.2 Å². The Balaban J connectivity index is 2.13. The van der Waals surface area contributed by atoms with Crippen molar-refractivity contribution in [3.63, 3.8) is 0 Å². The van der Waals surface area contributed by atoms with Crippen LogP contribution < -0.4 is 11.2 Å². The smallest absolute Gasteiger partial charge is 0.398 e. The van der Waals surface area contributed by atoms with E-state index in [0.29, 0.717) is 11.0 Å². The van der Waals surface area contributed by atoms with Crippen molar-refractivity contribution in [3.05, 3.63) is 34.9 Å². The van der Waals surface area contributed by atoms with Gasteiger partial charge in [0.1, 0.15) is 0 Å². The lowest BCUT2D eigenvalue weighted by Gasteiger charge is -2.32. The number of pyridine rings is 2. The minimum atomic E-state index is -0.564. The third-order valence-electron chi connectivity index (χ3n) is 4.21. The molecule has 0 aromatic carbocycles. The number of hydrogen-bond acceptors (Lipinski definition) is 4. The zero-order valence-electron chi connectivity index (χ0n) is 12.1. The summed E-state index contributed by atoms with van der Waals surface area (Å²) in [5.74, 6) is 0. The van der Waals surface area contributed by atoms with Gasteiger partial charge in [-0.15, -0.1) is 0 Å². The van der Waals surface area contributed by atoms with E-state index in [2.05, 4.69) is 9.97 Å². The van der Waals surface area contributed by atoms with Gasteiger partial charge in [-0.25, -0.2) is 0 Å². The fourth-order valence-electron chi connectivity index (χ4n) is 2.28. The Bertz CT molecular complexity index is 708. The molecular weight excluding hydrogens is 255 g/mol. The van der Waals surface area contributed by atoms with Gasteiger partial charge in [-0.05, 0) is 39.8 Å². The van der Waals surface area contributed by atoms with Gasteiger partial charge in [0.05, 0.1) is 16.8 Å². The first kappa shape index (κ1) is 13.3. The van der Waals surface area contributed by atoms with Crippen LogP contribution in [0.15, 0.2) is 29.3 Å². The van der Waals surface area contributed by atoms with Crippen molar-refractivity contribution in [2.45, 2.75) is 38.9 Å². The lowest BCUT2D eigenvalue weighted by atomic mass is 9.81. The molecule has 1 aliphatic rings. The van der Waals surface area contributed by atoms with Crippen LogP contribution in [0, 0.1) is 0 Å². The van der Waals surface area contributed by atoms with Crippen LogP contribution in [0.1, 0.15) is 27.7 Å². The lowest BCUT2D eigenvalue weighted by molar-refractivity contribution is 0.00578. The van der Waals surface area contributed by atoms with Crippen molar-refractivity contribution >= 4 is 23.5 Å². The number of H-pyrrole nitrogens is 1. The zero-order valence-corrected chi connectivity index (χ0v) is 12.1. The summed E-state index contributed by atoms with van der Waals surface area (Å²) in [5.41, 5.74) is -0.347. The van der Waals surface area contributed by atoms with E-state index < -0.39 is 18.3 Å². The molecule has 0 bridgehead atoms. The number of aromatic amines is 1. The molecule has 0 unspecified atom stereocenters. The molecule has 1 fully saturated rings. The molecule has 0 spiro atoms. The van der Waals surface area contributed by atoms with Crippen molar-refractivity contribution in [1.82, 2.24) is 9.97 Å². The largest absolute Gasteiger partial charge is 0.515 e. The molecule has 6 heteroatoms. The summed E-state index contributed by atoms with van der Waals surface area (Å²) in [6.07, 6.45) is 3.22. The molecule has 20 heavy (non-hydrogen) atoms. The third-order valence-corrected chi connectivity index (χ3v) is 4.21. The maximum Gasteiger partial charge on any atom is 0.515 e. The van der Waals surface area contributed by atoms with Crippen LogP contribution >= 0.6 is 0 Å². The molecule has 0 aliphatic carbocycles. The number of nitrogens with one attached hydrogen (secondary N) is 1. The van der Waals surface area contributed by atoms with Crippen LogP contribution in [0.4, 0.5) is 0 Å². The van der Waals surface area contributed by atoms with Gasteiger partial charge in [-0.1, -0.05) is 0 Å². The van der Waals surface area contributed by atoms with Crippen LogP contribution in [-0.2, 0) is 9.31 Å². The van der Waals surface area contributed by atoms with Crippen molar-refractivity contribution in [1.29, 1.82) is 0 Å². The van der Waals surface area contributed by atoms with Crippen molar-refractivity contribution in [3.8, 4) is 0 Å². The minimum Gasteiger partial charge on any atom is -0.398 e. The van der Waals surface area contributed by atoms with Crippen LogP contribution in [0.25, 0.3) is 10.8 Å². The summed E-state index contributed by atoms with van der Waals surface area (Å²) >= 11 is 0. The quantitative estimate of drug-likeness (QED) is 0.793. The highest BCUT2D eigenvalue weighted by Gasteiger charge is 2.52. The Morgan fingerprint density at radius 2 is 1.75 bits per heavy atom. The van der Waals surface area contributed by atoms with E-state index in [1.165, 1.54) is 0 Å². The summed E-state index contributed by atoms with van der Waals surface area (Å²) < 4.78 is 12.0. The van der Waals surface area contributed by atoms with E-state index in [1.54, 1.807) is 18.5 Å². The average Bonchev–Trinajstić information content (AvgIpc) is 2.58. The van der Waals surface area contributed by atoms with Gasteiger partial charge in [0, 0.05) is 23.2 Å². The molecule has 2 aromatic rings. The molecule has 0 atom stereocenters. The first-order valence-corrected chi connectivity index (χ1v) is 6.64. The summed E-state index contributed by atoms with van der Waals surface area (Å²) in [7, 11) is -0.564. The molecule has 104 valence electrons. The maximum absolute atomic E-state index is 11.8. The second-order valence-corrected chi connectivity index (χ2v) is 6.05. The van der Waals surface area contributed by atoms with Crippen molar-refractivity contribution in [2.75, 3.05) is 0 Å². The highest BCUT2D eigenvalue weighted by atomic mass is 16.7. The summed E-state index contributed by atoms with van der Waals surface area (Å²) in [5, 5.41) is 1.35. The molecule has 1 saturated heterocycles. The first-order valence-electron chi connectivity index (χ1n) is 6.64. The van der Waals surface area contributed by atoms with Gasteiger partial charge >= 0.3 is 7.12 Å². The number of fused-ring (bicyclic) bond motifs is 1. The van der Waals surface area contributed by atoms with Gasteiger partial charge in [-0.2, -0.15) is 0 Å². The van der Waals surface area contributed by atoms with Crippen LogP contribution in [-0.4, -0.2) is 28.3 Å². The average molecular weight is 272 g/mol. The Kier molecular flexibility index (Phi) is 2.78. The second kappa shape index (κ2) is 4.17. The standard InChI is InChI=1S/C14H17BN2O3/c1-13(2)14(3,4)20-15(19-13)11-9-5-8-17-12(18)10(9)6-7-16-11/h5-8H,1-4H3,(H,17,18). The molecule has 1 N–H and O–H groups in total. The van der Waals surface area contributed by atoms with Crippen LogP contribution in [0.3, 0.4) is 0 Å². The zero-order chi connectivity index (χ0) is 14.5. The molecule has 2 aromatic heterocycles. The van der Waals surface area contributed by atoms with Crippen LogP contribution in [0.2, 0.25) is 0 Å². The fraction of sp³-hybridized carbons (Fsp3) is 0.429. The Hall–Kier alpha value is -1.66. The van der Waals surface area contributed by atoms with E-state index in [1.807, 2.05) is 33.8 Å². The predicted molar refractivity (Wildman–Crippen MR) is 78.1 cm³/mol. The monoisotopic (exact) mass is 272 g/mol.